The molecule has 1 fully saturated rings. The van der Waals surface area contributed by atoms with Crippen LogP contribution in [0.15, 0.2) is 60.7 Å². The summed E-state index contributed by atoms with van der Waals surface area (Å²) in [6.07, 6.45) is 1.78. The van der Waals surface area contributed by atoms with Gasteiger partial charge in [-0.2, -0.15) is 0 Å². The van der Waals surface area contributed by atoms with Gasteiger partial charge in [0, 0.05) is 35.4 Å². The van der Waals surface area contributed by atoms with Crippen LogP contribution in [0, 0.1) is 6.92 Å². The Kier molecular flexibility index (Phi) is 5.32. The predicted molar refractivity (Wildman–Crippen MR) is 121 cm³/mol. The highest BCUT2D eigenvalue weighted by atomic mass is 35.5. The highest BCUT2D eigenvalue weighted by Crippen LogP contribution is 2.51. The average Bonchev–Trinajstić information content (AvgIpc) is 3.04. The van der Waals surface area contributed by atoms with Crippen molar-refractivity contribution in [3.05, 3.63) is 98.8 Å². The fourth-order valence-electron chi connectivity index (χ4n) is 4.84. The second-order valence-electron chi connectivity index (χ2n) is 8.33. The highest BCUT2D eigenvalue weighted by molar-refractivity contribution is 6.34. The zero-order chi connectivity index (χ0) is 20.7. The number of fused-ring (bicyclic) bond motifs is 2. The summed E-state index contributed by atoms with van der Waals surface area (Å²) in [4.78, 5) is 7.14. The lowest BCUT2D eigenvalue weighted by atomic mass is 9.83. The highest BCUT2D eigenvalue weighted by Gasteiger charge is 2.47. The van der Waals surface area contributed by atoms with Gasteiger partial charge in [-0.1, -0.05) is 53.5 Å². The molecule has 0 bridgehead atoms. The zero-order valence-corrected chi connectivity index (χ0v) is 18.5. The van der Waals surface area contributed by atoms with Crippen molar-refractivity contribution in [3.63, 3.8) is 0 Å². The van der Waals surface area contributed by atoms with Crippen LogP contribution in [-0.4, -0.2) is 23.0 Å². The molecule has 2 aliphatic heterocycles. The topological polar surface area (TPSA) is 25.4 Å². The van der Waals surface area contributed by atoms with Gasteiger partial charge in [0.25, 0.3) is 0 Å². The van der Waals surface area contributed by atoms with E-state index in [1.807, 2.05) is 25.1 Å². The summed E-state index contributed by atoms with van der Waals surface area (Å²) < 4.78 is 6.81. The van der Waals surface area contributed by atoms with Gasteiger partial charge < -0.3 is 4.74 Å². The van der Waals surface area contributed by atoms with Crippen LogP contribution in [0.2, 0.25) is 10.0 Å². The van der Waals surface area contributed by atoms with E-state index >= 15 is 0 Å². The van der Waals surface area contributed by atoms with E-state index < -0.39 is 0 Å². The van der Waals surface area contributed by atoms with E-state index in [2.05, 4.69) is 46.3 Å². The molecule has 2 aromatic carbocycles. The lowest BCUT2D eigenvalue weighted by Gasteiger charge is -2.39. The molecule has 30 heavy (non-hydrogen) atoms. The third-order valence-corrected chi connectivity index (χ3v) is 6.70. The van der Waals surface area contributed by atoms with Crippen molar-refractivity contribution in [1.29, 1.82) is 0 Å². The molecule has 5 rings (SSSR count). The number of hydrogen-bond acceptors (Lipinski definition) is 3. The van der Waals surface area contributed by atoms with Gasteiger partial charge in [0.15, 0.2) is 0 Å². The molecular formula is C25H24Cl2N2O. The molecule has 0 radical (unpaired) electrons. The standard InChI is InChI=1S/C25H24Cl2N2O/c1-17-5-4-6-21(28-17)16-29-11-9-25(10-12-29)23-8-3-2-7-22(23)24(30-25)18-13-19(26)15-20(27)14-18/h2-8,13-15,24H,9-12,16H2,1H3. The molecule has 1 spiro atoms. The van der Waals surface area contributed by atoms with Crippen LogP contribution in [0.25, 0.3) is 0 Å². The van der Waals surface area contributed by atoms with Crippen LogP contribution in [0.3, 0.4) is 0 Å². The van der Waals surface area contributed by atoms with E-state index in [0.29, 0.717) is 10.0 Å². The number of aryl methyl sites for hydroxylation is 1. The minimum absolute atomic E-state index is 0.137. The van der Waals surface area contributed by atoms with Crippen LogP contribution in [0.4, 0.5) is 0 Å². The summed E-state index contributed by atoms with van der Waals surface area (Å²) in [5.74, 6) is 0. The summed E-state index contributed by atoms with van der Waals surface area (Å²) in [5.41, 5.74) is 5.49. The number of rotatable bonds is 3. The van der Waals surface area contributed by atoms with E-state index in [4.69, 9.17) is 27.9 Å². The quantitative estimate of drug-likeness (QED) is 0.478. The average molecular weight is 439 g/mol. The molecule has 0 amide bonds. The first kappa shape index (κ1) is 20.0. The SMILES string of the molecule is Cc1cccc(CN2CCC3(CC2)OC(c2cc(Cl)cc(Cl)c2)c2ccccc23)n1. The number of pyridine rings is 1. The lowest BCUT2D eigenvalue weighted by Crippen LogP contribution is -2.42. The molecule has 1 aromatic heterocycles. The Balaban J connectivity index is 1.39. The molecule has 1 saturated heterocycles. The Morgan fingerprint density at radius 1 is 1.00 bits per heavy atom. The van der Waals surface area contributed by atoms with Crippen LogP contribution < -0.4 is 0 Å². The summed E-state index contributed by atoms with van der Waals surface area (Å²) in [7, 11) is 0. The number of benzene rings is 2. The van der Waals surface area contributed by atoms with Crippen molar-refractivity contribution in [3.8, 4) is 0 Å². The monoisotopic (exact) mass is 438 g/mol. The second-order valence-corrected chi connectivity index (χ2v) is 9.20. The number of piperidine rings is 1. The van der Waals surface area contributed by atoms with Crippen molar-refractivity contribution >= 4 is 23.2 Å². The molecule has 1 atom stereocenters. The molecule has 0 saturated carbocycles. The van der Waals surface area contributed by atoms with Crippen molar-refractivity contribution in [2.75, 3.05) is 13.1 Å². The summed E-state index contributed by atoms with van der Waals surface area (Å²) in [5, 5.41) is 1.28. The fourth-order valence-corrected chi connectivity index (χ4v) is 5.39. The third kappa shape index (κ3) is 3.76. The Morgan fingerprint density at radius 2 is 1.73 bits per heavy atom. The van der Waals surface area contributed by atoms with Crippen molar-refractivity contribution in [2.24, 2.45) is 0 Å². The molecule has 3 nitrogen and oxygen atoms in total. The predicted octanol–water partition coefficient (Wildman–Crippen LogP) is 6.31. The van der Waals surface area contributed by atoms with Crippen LogP contribution in [0.1, 0.15) is 47.0 Å². The molecule has 3 heterocycles. The van der Waals surface area contributed by atoms with Crippen LogP contribution in [0.5, 0.6) is 0 Å². The second kappa shape index (κ2) is 7.97. The first-order valence-corrected chi connectivity index (χ1v) is 11.2. The lowest BCUT2D eigenvalue weighted by molar-refractivity contribution is -0.0979. The molecule has 0 N–H and O–H groups in total. The van der Waals surface area contributed by atoms with Gasteiger partial charge in [-0.3, -0.25) is 9.88 Å². The van der Waals surface area contributed by atoms with Crippen molar-refractivity contribution in [2.45, 2.75) is 38.0 Å². The molecule has 0 aliphatic carbocycles. The first-order chi connectivity index (χ1) is 14.5. The molecule has 2 aliphatic rings. The van der Waals surface area contributed by atoms with Crippen molar-refractivity contribution in [1.82, 2.24) is 9.88 Å². The summed E-state index contributed by atoms with van der Waals surface area (Å²) in [6.45, 7) is 4.88. The maximum Gasteiger partial charge on any atom is 0.109 e. The summed E-state index contributed by atoms with van der Waals surface area (Å²) >= 11 is 12.6. The number of hydrogen-bond donors (Lipinski definition) is 0. The number of nitrogens with zero attached hydrogens (tertiary/aromatic N) is 2. The van der Waals surface area contributed by atoms with Gasteiger partial charge in [-0.15, -0.1) is 0 Å². The number of aromatic nitrogens is 1. The molecule has 5 heteroatoms. The van der Waals surface area contributed by atoms with Gasteiger partial charge in [0.05, 0.1) is 11.3 Å². The van der Waals surface area contributed by atoms with Gasteiger partial charge in [-0.25, -0.2) is 0 Å². The Morgan fingerprint density at radius 3 is 2.47 bits per heavy atom. The minimum Gasteiger partial charge on any atom is -0.358 e. The van der Waals surface area contributed by atoms with E-state index in [1.165, 1.54) is 11.1 Å². The van der Waals surface area contributed by atoms with Crippen LogP contribution >= 0.6 is 23.2 Å². The van der Waals surface area contributed by atoms with Crippen molar-refractivity contribution < 1.29 is 4.74 Å². The Bertz CT molecular complexity index is 1060. The minimum atomic E-state index is -0.257. The van der Waals surface area contributed by atoms with E-state index in [-0.39, 0.29) is 11.7 Å². The smallest absolute Gasteiger partial charge is 0.109 e. The van der Waals surface area contributed by atoms with E-state index in [9.17, 15) is 0 Å². The normalized spacial score (nSPS) is 20.4. The number of halogens is 2. The van der Waals surface area contributed by atoms with Gasteiger partial charge >= 0.3 is 0 Å². The molecule has 1 unspecified atom stereocenters. The van der Waals surface area contributed by atoms with Gasteiger partial charge in [0.2, 0.25) is 0 Å². The molecular weight excluding hydrogens is 415 g/mol. The maximum atomic E-state index is 6.81. The number of ether oxygens (including phenoxy) is 1. The first-order valence-electron chi connectivity index (χ1n) is 10.4. The van der Waals surface area contributed by atoms with Crippen LogP contribution in [-0.2, 0) is 16.9 Å². The zero-order valence-electron chi connectivity index (χ0n) is 16.9. The van der Waals surface area contributed by atoms with E-state index in [0.717, 1.165) is 49.4 Å². The fraction of sp³-hybridized carbons (Fsp3) is 0.320. The van der Waals surface area contributed by atoms with E-state index in [1.54, 1.807) is 6.07 Å². The summed E-state index contributed by atoms with van der Waals surface area (Å²) in [6, 6.07) is 20.5. The molecule has 154 valence electrons. The maximum absolute atomic E-state index is 6.81. The number of likely N-dealkylation sites (tertiary alicyclic amines) is 1. The third-order valence-electron chi connectivity index (χ3n) is 6.26. The Hall–Kier alpha value is -1.91. The van der Waals surface area contributed by atoms with Gasteiger partial charge in [-0.05, 0) is 66.8 Å². The molecule has 3 aromatic rings. The van der Waals surface area contributed by atoms with Gasteiger partial charge in [0.1, 0.15) is 6.10 Å². The Labute approximate surface area is 187 Å². The largest absolute Gasteiger partial charge is 0.358 e.